The highest BCUT2D eigenvalue weighted by molar-refractivity contribution is 6.07. The summed E-state index contributed by atoms with van der Waals surface area (Å²) < 4.78 is 22.1. The first kappa shape index (κ1) is 17.8. The Bertz CT molecular complexity index is 790. The molecule has 2 saturated heterocycles. The van der Waals surface area contributed by atoms with Crippen molar-refractivity contribution in [2.45, 2.75) is 38.0 Å². The van der Waals surface area contributed by atoms with Crippen LogP contribution in [0.1, 0.15) is 31.2 Å². The summed E-state index contributed by atoms with van der Waals surface area (Å²) in [6, 6.07) is 5.58. The molecule has 28 heavy (non-hydrogen) atoms. The molecule has 1 aliphatic carbocycles. The average molecular weight is 388 g/mol. The average Bonchev–Trinajstić information content (AvgIpc) is 3.19. The molecule has 3 fully saturated rings. The quantitative estimate of drug-likeness (QED) is 0.780. The molecule has 1 N–H and O–H groups in total. The number of piperidine rings is 1. The molecule has 8 nitrogen and oxygen atoms in total. The number of carbonyl (C=O) groups excluding carboxylic acids is 2. The molecule has 3 aliphatic heterocycles. The molecule has 1 spiro atoms. The first-order chi connectivity index (χ1) is 13.6. The first-order valence-corrected chi connectivity index (χ1v) is 9.84. The van der Waals surface area contributed by atoms with Crippen molar-refractivity contribution in [2.75, 3.05) is 33.1 Å². The molecular weight excluding hydrogens is 364 g/mol. The Kier molecular flexibility index (Phi) is 4.21. The largest absolute Gasteiger partial charge is 0.454 e. The van der Waals surface area contributed by atoms with Gasteiger partial charge in [0.1, 0.15) is 5.41 Å². The summed E-state index contributed by atoms with van der Waals surface area (Å²) in [6.45, 7) is 2.93. The van der Waals surface area contributed by atoms with E-state index >= 15 is 0 Å². The topological polar surface area (TPSA) is 86.3 Å². The molecule has 5 rings (SSSR count). The zero-order chi connectivity index (χ0) is 19.2. The van der Waals surface area contributed by atoms with Gasteiger partial charge in [0.05, 0.1) is 13.2 Å². The van der Waals surface area contributed by atoms with Crippen LogP contribution in [-0.4, -0.2) is 55.6 Å². The van der Waals surface area contributed by atoms with Gasteiger partial charge >= 0.3 is 0 Å². The zero-order valence-electron chi connectivity index (χ0n) is 15.7. The number of amides is 2. The molecule has 1 aromatic rings. The van der Waals surface area contributed by atoms with Gasteiger partial charge in [0.2, 0.25) is 18.6 Å². The number of fused-ring (bicyclic) bond motifs is 1. The molecular formula is C20H24N2O6. The van der Waals surface area contributed by atoms with Crippen molar-refractivity contribution in [2.24, 2.45) is 5.41 Å². The SMILES string of the molecule is O=C(NCc1ccc2c(c1)OCO2)C1(C(=O)N2CCC3(CC2)OCCO3)CC1. The van der Waals surface area contributed by atoms with Gasteiger partial charge in [0.15, 0.2) is 17.3 Å². The molecule has 3 heterocycles. The molecule has 0 radical (unpaired) electrons. The number of hydrogen-bond acceptors (Lipinski definition) is 6. The van der Waals surface area contributed by atoms with Crippen molar-refractivity contribution < 1.29 is 28.5 Å². The minimum atomic E-state index is -0.905. The van der Waals surface area contributed by atoms with Crippen molar-refractivity contribution in [3.05, 3.63) is 23.8 Å². The van der Waals surface area contributed by atoms with Gasteiger partial charge in [-0.15, -0.1) is 0 Å². The van der Waals surface area contributed by atoms with Crippen LogP contribution in [0, 0.1) is 5.41 Å². The maximum Gasteiger partial charge on any atom is 0.238 e. The maximum absolute atomic E-state index is 13.0. The third kappa shape index (κ3) is 3.00. The predicted octanol–water partition coefficient (Wildman–Crippen LogP) is 1.18. The van der Waals surface area contributed by atoms with Gasteiger partial charge in [-0.05, 0) is 30.5 Å². The van der Waals surface area contributed by atoms with Crippen LogP contribution in [0.4, 0.5) is 0 Å². The molecule has 1 saturated carbocycles. The molecule has 2 amide bonds. The number of ether oxygens (including phenoxy) is 4. The summed E-state index contributed by atoms with van der Waals surface area (Å²) in [5.41, 5.74) is 0.00870. The molecule has 0 atom stereocenters. The summed E-state index contributed by atoms with van der Waals surface area (Å²) in [5, 5.41) is 2.93. The Morgan fingerprint density at radius 3 is 2.43 bits per heavy atom. The fraction of sp³-hybridized carbons (Fsp3) is 0.600. The number of nitrogens with one attached hydrogen (secondary N) is 1. The van der Waals surface area contributed by atoms with E-state index in [1.54, 1.807) is 4.90 Å². The monoisotopic (exact) mass is 388 g/mol. The van der Waals surface area contributed by atoms with Gasteiger partial charge in [-0.3, -0.25) is 9.59 Å². The predicted molar refractivity (Wildman–Crippen MR) is 96.5 cm³/mol. The smallest absolute Gasteiger partial charge is 0.238 e. The first-order valence-electron chi connectivity index (χ1n) is 9.84. The number of carbonyl (C=O) groups is 2. The second kappa shape index (κ2) is 6.63. The standard InChI is InChI=1S/C20H24N2O6/c23-17(21-12-14-1-2-15-16(11-14)26-13-25-15)19(3-4-19)18(24)22-7-5-20(6-8-22)27-9-10-28-20/h1-2,11H,3-10,12-13H2,(H,21,23). The summed E-state index contributed by atoms with van der Waals surface area (Å²) in [7, 11) is 0. The van der Waals surface area contributed by atoms with Crippen LogP contribution in [0.2, 0.25) is 0 Å². The summed E-state index contributed by atoms with van der Waals surface area (Å²) >= 11 is 0. The number of rotatable bonds is 4. The van der Waals surface area contributed by atoms with E-state index in [4.69, 9.17) is 18.9 Å². The molecule has 4 aliphatic rings. The van der Waals surface area contributed by atoms with Crippen LogP contribution in [0.15, 0.2) is 18.2 Å². The second-order valence-corrected chi connectivity index (χ2v) is 7.85. The van der Waals surface area contributed by atoms with Crippen molar-refractivity contribution >= 4 is 11.8 Å². The molecule has 150 valence electrons. The molecule has 1 aromatic carbocycles. The summed E-state index contributed by atoms with van der Waals surface area (Å²) in [4.78, 5) is 27.6. The lowest BCUT2D eigenvalue weighted by Crippen LogP contribution is -2.51. The minimum absolute atomic E-state index is 0.0662. The van der Waals surface area contributed by atoms with Gasteiger partial charge < -0.3 is 29.2 Å². The van der Waals surface area contributed by atoms with E-state index in [2.05, 4.69) is 5.32 Å². The lowest BCUT2D eigenvalue weighted by molar-refractivity contribution is -0.188. The Morgan fingerprint density at radius 2 is 1.71 bits per heavy atom. The Morgan fingerprint density at radius 1 is 1.00 bits per heavy atom. The fourth-order valence-corrected chi connectivity index (χ4v) is 4.20. The number of nitrogens with zero attached hydrogens (tertiary/aromatic N) is 1. The Balaban J connectivity index is 1.18. The number of benzene rings is 1. The van der Waals surface area contributed by atoms with Crippen molar-refractivity contribution in [1.29, 1.82) is 0 Å². The molecule has 0 unspecified atom stereocenters. The number of likely N-dealkylation sites (tertiary alicyclic amines) is 1. The Labute approximate surface area is 163 Å². The van der Waals surface area contributed by atoms with Gasteiger partial charge in [-0.2, -0.15) is 0 Å². The minimum Gasteiger partial charge on any atom is -0.454 e. The van der Waals surface area contributed by atoms with Crippen molar-refractivity contribution in [3.8, 4) is 11.5 Å². The van der Waals surface area contributed by atoms with E-state index in [0.717, 1.165) is 5.56 Å². The van der Waals surface area contributed by atoms with Crippen LogP contribution in [0.5, 0.6) is 11.5 Å². The fourth-order valence-electron chi connectivity index (χ4n) is 4.20. The van der Waals surface area contributed by atoms with Crippen LogP contribution in [0.25, 0.3) is 0 Å². The van der Waals surface area contributed by atoms with Gasteiger partial charge in [-0.25, -0.2) is 0 Å². The van der Waals surface area contributed by atoms with Crippen LogP contribution in [0.3, 0.4) is 0 Å². The highest BCUT2D eigenvalue weighted by Crippen LogP contribution is 2.48. The van der Waals surface area contributed by atoms with Crippen LogP contribution < -0.4 is 14.8 Å². The summed E-state index contributed by atoms with van der Waals surface area (Å²) in [6.07, 6.45) is 2.53. The molecule has 8 heteroatoms. The van der Waals surface area contributed by atoms with E-state index in [-0.39, 0.29) is 18.6 Å². The van der Waals surface area contributed by atoms with Gasteiger partial charge in [-0.1, -0.05) is 6.07 Å². The van der Waals surface area contributed by atoms with E-state index in [0.29, 0.717) is 70.0 Å². The van der Waals surface area contributed by atoms with E-state index < -0.39 is 11.2 Å². The van der Waals surface area contributed by atoms with Crippen LogP contribution in [-0.2, 0) is 25.6 Å². The van der Waals surface area contributed by atoms with E-state index in [1.165, 1.54) is 0 Å². The normalized spacial score (nSPS) is 23.6. The zero-order valence-corrected chi connectivity index (χ0v) is 15.7. The maximum atomic E-state index is 13.0. The van der Waals surface area contributed by atoms with Crippen molar-refractivity contribution in [1.82, 2.24) is 10.2 Å². The lowest BCUT2D eigenvalue weighted by Gasteiger charge is -2.38. The van der Waals surface area contributed by atoms with Gasteiger partial charge in [0, 0.05) is 32.5 Å². The second-order valence-electron chi connectivity index (χ2n) is 7.85. The highest BCUT2D eigenvalue weighted by atomic mass is 16.7. The third-order valence-electron chi connectivity index (χ3n) is 6.11. The molecule has 0 bridgehead atoms. The van der Waals surface area contributed by atoms with E-state index in [9.17, 15) is 9.59 Å². The molecule has 0 aromatic heterocycles. The van der Waals surface area contributed by atoms with Gasteiger partial charge in [0.25, 0.3) is 0 Å². The lowest BCUT2D eigenvalue weighted by atomic mass is 9.98. The third-order valence-corrected chi connectivity index (χ3v) is 6.11. The van der Waals surface area contributed by atoms with E-state index in [1.807, 2.05) is 18.2 Å². The van der Waals surface area contributed by atoms with Crippen molar-refractivity contribution in [3.63, 3.8) is 0 Å². The van der Waals surface area contributed by atoms with Crippen LogP contribution >= 0.6 is 0 Å². The number of hydrogen-bond donors (Lipinski definition) is 1. The Hall–Kier alpha value is -2.32. The highest BCUT2D eigenvalue weighted by Gasteiger charge is 2.58. The summed E-state index contributed by atoms with van der Waals surface area (Å²) in [5.74, 6) is 0.617.